The number of aromatic nitrogens is 1. The van der Waals surface area contributed by atoms with E-state index in [4.69, 9.17) is 5.73 Å². The predicted octanol–water partition coefficient (Wildman–Crippen LogP) is 0.519. The molecule has 0 radical (unpaired) electrons. The summed E-state index contributed by atoms with van der Waals surface area (Å²) in [7, 11) is 0. The van der Waals surface area contributed by atoms with Gasteiger partial charge >= 0.3 is 5.97 Å². The number of aliphatic carboxylic acids is 1. The van der Waals surface area contributed by atoms with Crippen LogP contribution in [0.15, 0.2) is 24.4 Å². The molecule has 2 aliphatic rings. The van der Waals surface area contributed by atoms with Crippen molar-refractivity contribution in [3.8, 4) is 0 Å². The van der Waals surface area contributed by atoms with E-state index in [2.05, 4.69) is 18.8 Å². The van der Waals surface area contributed by atoms with Crippen molar-refractivity contribution < 1.29 is 14.7 Å². The Morgan fingerprint density at radius 2 is 2.23 bits per heavy atom. The lowest BCUT2D eigenvalue weighted by molar-refractivity contribution is -0.150. The van der Waals surface area contributed by atoms with Crippen LogP contribution in [0.4, 0.5) is 0 Å². The van der Waals surface area contributed by atoms with Crippen molar-refractivity contribution >= 4 is 11.9 Å². The number of piperidine rings is 1. The fraction of sp³-hybridized carbons (Fsp3) is 0.562. The molecule has 1 aromatic heterocycles. The molecule has 2 fully saturated rings. The molecule has 1 saturated carbocycles. The summed E-state index contributed by atoms with van der Waals surface area (Å²) in [4.78, 5) is 29.7. The molecule has 118 valence electrons. The molecular formula is C16H21N3O3. The SMILES string of the molecule is CC1(C)[C@@H]2[C@@H](C(=O)O)N(C(=O)C(N)Cc3ccccn3)C[C@@H]21. The van der Waals surface area contributed by atoms with Gasteiger partial charge in [0.2, 0.25) is 5.91 Å². The summed E-state index contributed by atoms with van der Waals surface area (Å²) in [6.07, 6.45) is 1.97. The molecule has 2 heterocycles. The van der Waals surface area contributed by atoms with E-state index in [1.54, 1.807) is 12.3 Å². The van der Waals surface area contributed by atoms with Gasteiger partial charge in [-0.15, -0.1) is 0 Å². The Hall–Kier alpha value is -1.95. The minimum Gasteiger partial charge on any atom is -0.480 e. The molecule has 1 amide bonds. The third kappa shape index (κ3) is 2.27. The van der Waals surface area contributed by atoms with Gasteiger partial charge in [-0.3, -0.25) is 9.78 Å². The molecule has 0 spiro atoms. The van der Waals surface area contributed by atoms with E-state index >= 15 is 0 Å². The third-order valence-corrected chi connectivity index (χ3v) is 5.22. The maximum absolute atomic E-state index is 12.6. The Morgan fingerprint density at radius 3 is 2.82 bits per heavy atom. The van der Waals surface area contributed by atoms with Gasteiger partial charge in [-0.2, -0.15) is 0 Å². The van der Waals surface area contributed by atoms with E-state index in [0.717, 1.165) is 5.69 Å². The minimum atomic E-state index is -0.934. The highest BCUT2D eigenvalue weighted by atomic mass is 16.4. The van der Waals surface area contributed by atoms with E-state index in [0.29, 0.717) is 13.0 Å². The summed E-state index contributed by atoms with van der Waals surface area (Å²) in [5.41, 5.74) is 6.74. The average molecular weight is 303 g/mol. The number of rotatable bonds is 4. The summed E-state index contributed by atoms with van der Waals surface area (Å²) < 4.78 is 0. The minimum absolute atomic E-state index is 0.00488. The number of nitrogens with zero attached hydrogens (tertiary/aromatic N) is 2. The zero-order chi connectivity index (χ0) is 16.1. The van der Waals surface area contributed by atoms with Crippen LogP contribution in [-0.4, -0.2) is 45.5 Å². The molecule has 22 heavy (non-hydrogen) atoms. The predicted molar refractivity (Wildman–Crippen MR) is 79.8 cm³/mol. The summed E-state index contributed by atoms with van der Waals surface area (Å²) in [6, 6.07) is 3.95. The van der Waals surface area contributed by atoms with Crippen molar-refractivity contribution in [3.63, 3.8) is 0 Å². The topological polar surface area (TPSA) is 96.5 Å². The first-order valence-corrected chi connectivity index (χ1v) is 7.53. The number of hydrogen-bond donors (Lipinski definition) is 2. The van der Waals surface area contributed by atoms with Gasteiger partial charge in [0.25, 0.3) is 0 Å². The first kappa shape index (κ1) is 15.0. The summed E-state index contributed by atoms with van der Waals surface area (Å²) in [5.74, 6) is -0.923. The summed E-state index contributed by atoms with van der Waals surface area (Å²) >= 11 is 0. The molecule has 1 aliphatic carbocycles. The number of amides is 1. The quantitative estimate of drug-likeness (QED) is 0.845. The van der Waals surface area contributed by atoms with E-state index < -0.39 is 18.1 Å². The van der Waals surface area contributed by atoms with Crippen LogP contribution >= 0.6 is 0 Å². The lowest BCUT2D eigenvalue weighted by atomic mass is 10.00. The zero-order valence-corrected chi connectivity index (χ0v) is 12.8. The standard InChI is InChI=1S/C16H21N3O3/c1-16(2)10-8-19(13(12(10)16)15(21)22)14(20)11(17)7-9-5-3-4-6-18-9/h3-6,10-13H,7-8,17H2,1-2H3,(H,21,22)/t10-,11?,12-,13-/m0/s1. The van der Waals surface area contributed by atoms with Gasteiger partial charge in [-0.25, -0.2) is 4.79 Å². The van der Waals surface area contributed by atoms with Crippen molar-refractivity contribution in [2.75, 3.05) is 6.54 Å². The van der Waals surface area contributed by atoms with Crippen molar-refractivity contribution in [2.45, 2.75) is 32.4 Å². The largest absolute Gasteiger partial charge is 0.480 e. The fourth-order valence-corrected chi connectivity index (χ4v) is 3.84. The van der Waals surface area contributed by atoms with Crippen molar-refractivity contribution in [1.29, 1.82) is 0 Å². The molecule has 1 aromatic rings. The highest BCUT2D eigenvalue weighted by Crippen LogP contribution is 2.64. The number of carbonyl (C=O) groups excluding carboxylic acids is 1. The average Bonchev–Trinajstić information content (AvgIpc) is 2.86. The zero-order valence-electron chi connectivity index (χ0n) is 12.8. The number of hydrogen-bond acceptors (Lipinski definition) is 4. The third-order valence-electron chi connectivity index (χ3n) is 5.22. The molecule has 1 unspecified atom stereocenters. The molecule has 4 atom stereocenters. The Labute approximate surface area is 129 Å². The first-order chi connectivity index (χ1) is 10.3. The Balaban J connectivity index is 1.71. The fourth-order valence-electron chi connectivity index (χ4n) is 3.84. The molecule has 6 nitrogen and oxygen atoms in total. The molecule has 1 aliphatic heterocycles. The second kappa shape index (κ2) is 5.05. The van der Waals surface area contributed by atoms with E-state index in [9.17, 15) is 14.7 Å². The molecule has 3 N–H and O–H groups in total. The molecule has 1 saturated heterocycles. The summed E-state index contributed by atoms with van der Waals surface area (Å²) in [5, 5.41) is 9.49. The number of carboxylic acids is 1. The number of pyridine rings is 1. The van der Waals surface area contributed by atoms with Crippen LogP contribution in [0.2, 0.25) is 0 Å². The second-order valence-electron chi connectivity index (χ2n) is 6.86. The lowest BCUT2D eigenvalue weighted by Gasteiger charge is -2.30. The first-order valence-electron chi connectivity index (χ1n) is 7.53. The van der Waals surface area contributed by atoms with Crippen LogP contribution in [-0.2, 0) is 16.0 Å². The highest BCUT2D eigenvalue weighted by Gasteiger charge is 2.69. The van der Waals surface area contributed by atoms with Gasteiger partial charge in [0.05, 0.1) is 6.04 Å². The smallest absolute Gasteiger partial charge is 0.326 e. The van der Waals surface area contributed by atoms with Crippen molar-refractivity contribution in [3.05, 3.63) is 30.1 Å². The van der Waals surface area contributed by atoms with Gasteiger partial charge in [-0.05, 0) is 23.5 Å². The van der Waals surface area contributed by atoms with Crippen LogP contribution < -0.4 is 5.73 Å². The second-order valence-corrected chi connectivity index (χ2v) is 6.86. The van der Waals surface area contributed by atoms with Crippen LogP contribution in [0.1, 0.15) is 19.5 Å². The monoisotopic (exact) mass is 303 g/mol. The summed E-state index contributed by atoms with van der Waals surface area (Å²) in [6.45, 7) is 4.62. The number of likely N-dealkylation sites (tertiary alicyclic amines) is 1. The molecule has 3 rings (SSSR count). The molecule has 6 heteroatoms. The molecule has 0 bridgehead atoms. The van der Waals surface area contributed by atoms with Crippen LogP contribution in [0.25, 0.3) is 0 Å². The lowest BCUT2D eigenvalue weighted by Crippen LogP contribution is -2.52. The van der Waals surface area contributed by atoms with E-state index in [1.807, 2.05) is 12.1 Å². The van der Waals surface area contributed by atoms with Gasteiger partial charge in [0.15, 0.2) is 0 Å². The van der Waals surface area contributed by atoms with Crippen molar-refractivity contribution in [1.82, 2.24) is 9.88 Å². The van der Waals surface area contributed by atoms with Crippen molar-refractivity contribution in [2.24, 2.45) is 23.0 Å². The maximum Gasteiger partial charge on any atom is 0.326 e. The normalized spacial score (nSPS) is 29.8. The van der Waals surface area contributed by atoms with Gasteiger partial charge in [-0.1, -0.05) is 19.9 Å². The number of carboxylic acid groups (broad SMARTS) is 1. The molecule has 0 aromatic carbocycles. The van der Waals surface area contributed by atoms with E-state index in [-0.39, 0.29) is 23.2 Å². The Morgan fingerprint density at radius 1 is 1.50 bits per heavy atom. The van der Waals surface area contributed by atoms with E-state index in [1.165, 1.54) is 4.90 Å². The van der Waals surface area contributed by atoms with Crippen LogP contribution in [0, 0.1) is 17.3 Å². The van der Waals surface area contributed by atoms with Gasteiger partial charge in [0, 0.05) is 30.8 Å². The Kier molecular flexibility index (Phi) is 3.44. The number of carbonyl (C=O) groups is 2. The van der Waals surface area contributed by atoms with Crippen LogP contribution in [0.3, 0.4) is 0 Å². The maximum atomic E-state index is 12.6. The highest BCUT2D eigenvalue weighted by molar-refractivity contribution is 5.88. The van der Waals surface area contributed by atoms with Crippen LogP contribution in [0.5, 0.6) is 0 Å². The number of nitrogens with two attached hydrogens (primary N) is 1. The van der Waals surface area contributed by atoms with Gasteiger partial charge in [0.1, 0.15) is 6.04 Å². The van der Waals surface area contributed by atoms with Gasteiger partial charge < -0.3 is 15.7 Å². The Bertz CT molecular complexity index is 602. The molecular weight excluding hydrogens is 282 g/mol. The number of fused-ring (bicyclic) bond motifs is 1.